The highest BCUT2D eigenvalue weighted by Gasteiger charge is 2.32. The van der Waals surface area contributed by atoms with Gasteiger partial charge < -0.3 is 20.1 Å². The smallest absolute Gasteiger partial charge is 0.302 e. The Balaban J connectivity index is 4.40. The molecule has 4 unspecified atom stereocenters. The lowest BCUT2D eigenvalue weighted by Gasteiger charge is -2.30. The maximum atomic E-state index is 10.7. The fourth-order valence-electron chi connectivity index (χ4n) is 1.56. The zero-order valence-electron chi connectivity index (χ0n) is 11.0. The number of carbonyl (C=O) groups excluding carboxylic acids is 1. The number of aliphatic hydroxyl groups excluding tert-OH is 3. The van der Waals surface area contributed by atoms with Crippen molar-refractivity contribution in [1.82, 2.24) is 0 Å². The Bertz CT molecular complexity index is 229. The van der Waals surface area contributed by atoms with Crippen molar-refractivity contribution in [3.63, 3.8) is 0 Å². The molecule has 0 rings (SSSR count). The van der Waals surface area contributed by atoms with E-state index in [9.17, 15) is 20.1 Å². The van der Waals surface area contributed by atoms with Gasteiger partial charge in [0.25, 0.3) is 0 Å². The van der Waals surface area contributed by atoms with Crippen LogP contribution in [0.1, 0.15) is 34.1 Å². The van der Waals surface area contributed by atoms with E-state index in [-0.39, 0.29) is 18.4 Å². The molecule has 0 aromatic carbocycles. The minimum Gasteiger partial charge on any atom is -0.465 e. The first-order chi connectivity index (χ1) is 7.81. The molecule has 0 spiro atoms. The van der Waals surface area contributed by atoms with Gasteiger partial charge in [0.1, 0.15) is 6.10 Å². The van der Waals surface area contributed by atoms with Crippen molar-refractivity contribution in [2.75, 3.05) is 6.61 Å². The standard InChI is InChI=1S/C12H24O5/c1-5-9(6-17-8(4)13)11(15)12(16)10(14)7(2)3/h7,9-12,14-16H,5-6H2,1-4H3. The van der Waals surface area contributed by atoms with Gasteiger partial charge >= 0.3 is 5.97 Å². The van der Waals surface area contributed by atoms with Crippen LogP contribution in [-0.2, 0) is 9.53 Å². The summed E-state index contributed by atoms with van der Waals surface area (Å²) in [6.45, 7) is 6.68. The van der Waals surface area contributed by atoms with E-state index in [1.165, 1.54) is 6.92 Å². The van der Waals surface area contributed by atoms with E-state index in [0.29, 0.717) is 6.42 Å². The van der Waals surface area contributed by atoms with Crippen LogP contribution in [0.2, 0.25) is 0 Å². The normalized spacial score (nSPS) is 18.6. The minimum atomic E-state index is -1.23. The number of ether oxygens (including phenoxy) is 1. The van der Waals surface area contributed by atoms with Crippen LogP contribution in [-0.4, -0.2) is 46.2 Å². The molecule has 3 N–H and O–H groups in total. The summed E-state index contributed by atoms with van der Waals surface area (Å²) in [4.78, 5) is 10.7. The first kappa shape index (κ1) is 16.4. The lowest BCUT2D eigenvalue weighted by Crippen LogP contribution is -2.45. The van der Waals surface area contributed by atoms with Crippen LogP contribution < -0.4 is 0 Å². The fraction of sp³-hybridized carbons (Fsp3) is 0.917. The Morgan fingerprint density at radius 1 is 1.12 bits per heavy atom. The highest BCUT2D eigenvalue weighted by Crippen LogP contribution is 2.18. The average molecular weight is 248 g/mol. The first-order valence-corrected chi connectivity index (χ1v) is 5.98. The summed E-state index contributed by atoms with van der Waals surface area (Å²) in [5.41, 5.74) is 0. The summed E-state index contributed by atoms with van der Waals surface area (Å²) in [7, 11) is 0. The molecule has 0 aromatic rings. The van der Waals surface area contributed by atoms with Crippen LogP contribution in [0.4, 0.5) is 0 Å². The Labute approximate surface area is 102 Å². The van der Waals surface area contributed by atoms with E-state index in [1.54, 1.807) is 13.8 Å². The third-order valence-corrected chi connectivity index (χ3v) is 2.89. The molecule has 0 aliphatic carbocycles. The first-order valence-electron chi connectivity index (χ1n) is 5.98. The van der Waals surface area contributed by atoms with Crippen molar-refractivity contribution in [1.29, 1.82) is 0 Å². The predicted octanol–water partition coefficient (Wildman–Crippen LogP) is 0.314. The molecule has 4 atom stereocenters. The van der Waals surface area contributed by atoms with Crippen molar-refractivity contribution in [3.8, 4) is 0 Å². The van der Waals surface area contributed by atoms with Gasteiger partial charge in [-0.2, -0.15) is 0 Å². The van der Waals surface area contributed by atoms with Crippen LogP contribution in [0.25, 0.3) is 0 Å². The molecular formula is C12H24O5. The molecule has 0 aliphatic heterocycles. The average Bonchev–Trinajstić information content (AvgIpc) is 2.26. The van der Waals surface area contributed by atoms with E-state index >= 15 is 0 Å². The van der Waals surface area contributed by atoms with Gasteiger partial charge in [0.2, 0.25) is 0 Å². The molecule has 0 saturated carbocycles. The van der Waals surface area contributed by atoms with Crippen molar-refractivity contribution < 1.29 is 24.9 Å². The molecule has 0 aliphatic rings. The van der Waals surface area contributed by atoms with Gasteiger partial charge in [-0.3, -0.25) is 4.79 Å². The topological polar surface area (TPSA) is 87.0 Å². The van der Waals surface area contributed by atoms with E-state index in [0.717, 1.165) is 0 Å². The molecule has 17 heavy (non-hydrogen) atoms. The fourth-order valence-corrected chi connectivity index (χ4v) is 1.56. The lowest BCUT2D eigenvalue weighted by molar-refractivity contribution is -0.147. The number of rotatable bonds is 7. The van der Waals surface area contributed by atoms with Crippen LogP contribution in [0.5, 0.6) is 0 Å². The molecule has 5 nitrogen and oxygen atoms in total. The molecule has 0 aromatic heterocycles. The third-order valence-electron chi connectivity index (χ3n) is 2.89. The quantitative estimate of drug-likeness (QED) is 0.565. The SMILES string of the molecule is CCC(COC(C)=O)C(O)C(O)C(O)C(C)C. The highest BCUT2D eigenvalue weighted by atomic mass is 16.5. The van der Waals surface area contributed by atoms with E-state index in [1.807, 2.05) is 6.92 Å². The molecule has 0 heterocycles. The second-order valence-corrected chi connectivity index (χ2v) is 4.69. The summed E-state index contributed by atoms with van der Waals surface area (Å²) >= 11 is 0. The van der Waals surface area contributed by atoms with Gasteiger partial charge in [0.15, 0.2) is 0 Å². The summed E-state index contributed by atoms with van der Waals surface area (Å²) < 4.78 is 4.81. The molecule has 0 amide bonds. The summed E-state index contributed by atoms with van der Waals surface area (Å²) in [5.74, 6) is -0.942. The Morgan fingerprint density at radius 2 is 1.65 bits per heavy atom. The molecule has 0 saturated heterocycles. The number of hydrogen-bond acceptors (Lipinski definition) is 5. The van der Waals surface area contributed by atoms with E-state index < -0.39 is 24.3 Å². The van der Waals surface area contributed by atoms with Crippen molar-refractivity contribution in [2.24, 2.45) is 11.8 Å². The number of hydrogen-bond donors (Lipinski definition) is 3. The van der Waals surface area contributed by atoms with Crippen molar-refractivity contribution in [2.45, 2.75) is 52.4 Å². The highest BCUT2D eigenvalue weighted by molar-refractivity contribution is 5.65. The number of carbonyl (C=O) groups is 1. The summed E-state index contributed by atoms with van der Waals surface area (Å²) in [6.07, 6.45) is -2.76. The van der Waals surface area contributed by atoms with E-state index in [2.05, 4.69) is 0 Å². The van der Waals surface area contributed by atoms with Crippen LogP contribution in [0.3, 0.4) is 0 Å². The van der Waals surface area contributed by atoms with Crippen LogP contribution >= 0.6 is 0 Å². The number of aliphatic hydroxyl groups is 3. The van der Waals surface area contributed by atoms with E-state index in [4.69, 9.17) is 4.74 Å². The van der Waals surface area contributed by atoms with Gasteiger partial charge in [-0.1, -0.05) is 20.8 Å². The summed E-state index contributed by atoms with van der Waals surface area (Å²) in [6, 6.07) is 0. The van der Waals surface area contributed by atoms with Gasteiger partial charge in [0, 0.05) is 12.8 Å². The molecule has 0 radical (unpaired) electrons. The molecule has 102 valence electrons. The Kier molecular flexibility index (Phi) is 7.34. The zero-order valence-corrected chi connectivity index (χ0v) is 11.0. The van der Waals surface area contributed by atoms with Crippen LogP contribution in [0.15, 0.2) is 0 Å². The maximum absolute atomic E-state index is 10.7. The maximum Gasteiger partial charge on any atom is 0.302 e. The Hall–Kier alpha value is -0.650. The number of esters is 1. The summed E-state index contributed by atoms with van der Waals surface area (Å²) in [5, 5.41) is 29.4. The Morgan fingerprint density at radius 3 is 2.00 bits per heavy atom. The monoisotopic (exact) mass is 248 g/mol. The zero-order chi connectivity index (χ0) is 13.6. The predicted molar refractivity (Wildman–Crippen MR) is 63.3 cm³/mol. The second kappa shape index (κ2) is 7.63. The van der Waals surface area contributed by atoms with Crippen molar-refractivity contribution in [3.05, 3.63) is 0 Å². The van der Waals surface area contributed by atoms with Crippen molar-refractivity contribution >= 4 is 5.97 Å². The molecular weight excluding hydrogens is 224 g/mol. The molecule has 0 fully saturated rings. The second-order valence-electron chi connectivity index (χ2n) is 4.69. The largest absolute Gasteiger partial charge is 0.465 e. The van der Waals surface area contributed by atoms with Gasteiger partial charge in [-0.05, 0) is 12.3 Å². The lowest BCUT2D eigenvalue weighted by atomic mass is 9.89. The minimum absolute atomic E-state index is 0.0505. The molecule has 5 heteroatoms. The third kappa shape index (κ3) is 5.48. The van der Waals surface area contributed by atoms with Gasteiger partial charge in [-0.15, -0.1) is 0 Å². The van der Waals surface area contributed by atoms with Crippen LogP contribution in [0, 0.1) is 11.8 Å². The molecule has 0 bridgehead atoms. The van der Waals surface area contributed by atoms with Gasteiger partial charge in [-0.25, -0.2) is 0 Å². The van der Waals surface area contributed by atoms with Gasteiger partial charge in [0.05, 0.1) is 18.8 Å².